The zero-order chi connectivity index (χ0) is 26.4. The number of hydrogen-bond acceptors (Lipinski definition) is 4. The molecule has 0 bridgehead atoms. The van der Waals surface area contributed by atoms with Crippen molar-refractivity contribution >= 4 is 27.5 Å². The standard InChI is InChI=1S/C26H36FN3O4S/c1-19-9-7-10-21(17-19)18-29(20(2)25(32)28-26(3,4)5)24(31)11-8-16-30(35(6,33)34)23-14-12-22(27)13-15-23/h7,9-10,12-15,17,20H,8,11,16,18H2,1-6H3,(H,28,32). The molecule has 0 spiro atoms. The van der Waals surface area contributed by atoms with Crippen LogP contribution in [-0.2, 0) is 26.2 Å². The molecule has 2 amide bonds. The van der Waals surface area contributed by atoms with E-state index in [4.69, 9.17) is 0 Å². The predicted octanol–water partition coefficient (Wildman–Crippen LogP) is 4.01. The Morgan fingerprint density at radius 3 is 2.26 bits per heavy atom. The Morgan fingerprint density at radius 1 is 1.09 bits per heavy atom. The van der Waals surface area contributed by atoms with Gasteiger partial charge in [-0.1, -0.05) is 29.8 Å². The van der Waals surface area contributed by atoms with Crippen molar-refractivity contribution in [1.82, 2.24) is 10.2 Å². The number of nitrogens with one attached hydrogen (secondary N) is 1. The molecular formula is C26H36FN3O4S. The van der Waals surface area contributed by atoms with Gasteiger partial charge in [0.05, 0.1) is 11.9 Å². The second-order valence-corrected chi connectivity index (χ2v) is 11.7. The van der Waals surface area contributed by atoms with Crippen molar-refractivity contribution in [3.63, 3.8) is 0 Å². The van der Waals surface area contributed by atoms with E-state index in [1.807, 2.05) is 52.0 Å². The van der Waals surface area contributed by atoms with Crippen LogP contribution in [0.3, 0.4) is 0 Å². The van der Waals surface area contributed by atoms with Crippen molar-refractivity contribution < 1.29 is 22.4 Å². The van der Waals surface area contributed by atoms with E-state index in [2.05, 4.69) is 5.32 Å². The molecular weight excluding hydrogens is 469 g/mol. The fourth-order valence-electron chi connectivity index (χ4n) is 3.68. The van der Waals surface area contributed by atoms with Crippen LogP contribution in [0.15, 0.2) is 48.5 Å². The molecule has 0 heterocycles. The van der Waals surface area contributed by atoms with Gasteiger partial charge in [-0.3, -0.25) is 13.9 Å². The summed E-state index contributed by atoms with van der Waals surface area (Å²) in [6.45, 7) is 9.58. The van der Waals surface area contributed by atoms with Gasteiger partial charge in [0.25, 0.3) is 0 Å². The molecule has 9 heteroatoms. The van der Waals surface area contributed by atoms with E-state index >= 15 is 0 Å². The molecule has 35 heavy (non-hydrogen) atoms. The van der Waals surface area contributed by atoms with Gasteiger partial charge in [0, 0.05) is 25.0 Å². The molecule has 0 saturated heterocycles. The van der Waals surface area contributed by atoms with Crippen LogP contribution >= 0.6 is 0 Å². The summed E-state index contributed by atoms with van der Waals surface area (Å²) in [5, 5.41) is 2.92. The molecule has 192 valence electrons. The van der Waals surface area contributed by atoms with Crippen LogP contribution in [0.25, 0.3) is 0 Å². The quantitative estimate of drug-likeness (QED) is 0.529. The molecule has 0 aliphatic rings. The molecule has 0 aliphatic carbocycles. The first-order valence-corrected chi connectivity index (χ1v) is 13.4. The van der Waals surface area contributed by atoms with Crippen LogP contribution < -0.4 is 9.62 Å². The topological polar surface area (TPSA) is 86.8 Å². The Balaban J connectivity index is 2.18. The van der Waals surface area contributed by atoms with Crippen LogP contribution in [0.2, 0.25) is 0 Å². The second kappa shape index (κ2) is 11.7. The fraction of sp³-hybridized carbons (Fsp3) is 0.462. The van der Waals surface area contributed by atoms with Crippen molar-refractivity contribution in [1.29, 1.82) is 0 Å². The van der Waals surface area contributed by atoms with Gasteiger partial charge < -0.3 is 10.2 Å². The normalized spacial score (nSPS) is 12.7. The summed E-state index contributed by atoms with van der Waals surface area (Å²) in [6.07, 6.45) is 1.36. The Kier molecular flexibility index (Phi) is 9.43. The molecule has 7 nitrogen and oxygen atoms in total. The molecule has 1 N–H and O–H groups in total. The average Bonchev–Trinajstić information content (AvgIpc) is 2.73. The highest BCUT2D eigenvalue weighted by atomic mass is 32.2. The maximum Gasteiger partial charge on any atom is 0.242 e. The van der Waals surface area contributed by atoms with Crippen molar-refractivity contribution in [2.24, 2.45) is 0 Å². The van der Waals surface area contributed by atoms with E-state index in [1.54, 1.807) is 6.92 Å². The number of aryl methyl sites for hydroxylation is 1. The van der Waals surface area contributed by atoms with Crippen molar-refractivity contribution in [2.45, 2.75) is 65.6 Å². The summed E-state index contributed by atoms with van der Waals surface area (Å²) in [5.41, 5.74) is 1.83. The third kappa shape index (κ3) is 8.98. The molecule has 0 aliphatic heterocycles. The van der Waals surface area contributed by atoms with Gasteiger partial charge in [-0.15, -0.1) is 0 Å². The maximum absolute atomic E-state index is 13.3. The number of anilines is 1. The van der Waals surface area contributed by atoms with Crippen LogP contribution in [0, 0.1) is 12.7 Å². The summed E-state index contributed by atoms with van der Waals surface area (Å²) in [6, 6.07) is 12.2. The van der Waals surface area contributed by atoms with Gasteiger partial charge in [-0.25, -0.2) is 12.8 Å². The highest BCUT2D eigenvalue weighted by molar-refractivity contribution is 7.92. The van der Waals surface area contributed by atoms with E-state index in [9.17, 15) is 22.4 Å². The summed E-state index contributed by atoms with van der Waals surface area (Å²) < 4.78 is 39.1. The van der Waals surface area contributed by atoms with E-state index < -0.39 is 27.4 Å². The van der Waals surface area contributed by atoms with E-state index in [-0.39, 0.29) is 37.7 Å². The number of benzene rings is 2. The minimum absolute atomic E-state index is 0.0478. The van der Waals surface area contributed by atoms with E-state index in [0.29, 0.717) is 5.69 Å². The molecule has 0 aromatic heterocycles. The van der Waals surface area contributed by atoms with Crippen LogP contribution in [0.1, 0.15) is 51.7 Å². The molecule has 1 unspecified atom stereocenters. The molecule has 0 fully saturated rings. The lowest BCUT2D eigenvalue weighted by Crippen LogP contribution is -2.52. The largest absolute Gasteiger partial charge is 0.350 e. The van der Waals surface area contributed by atoms with Gasteiger partial charge in [-0.2, -0.15) is 0 Å². The number of amides is 2. The average molecular weight is 506 g/mol. The lowest BCUT2D eigenvalue weighted by Gasteiger charge is -2.32. The first-order valence-electron chi connectivity index (χ1n) is 11.6. The van der Waals surface area contributed by atoms with Gasteiger partial charge in [0.2, 0.25) is 21.8 Å². The zero-order valence-corrected chi connectivity index (χ0v) is 22.2. The maximum atomic E-state index is 13.3. The van der Waals surface area contributed by atoms with Gasteiger partial charge in [-0.05, 0) is 70.9 Å². The third-order valence-corrected chi connectivity index (χ3v) is 6.56. The molecule has 1 atom stereocenters. The molecule has 2 rings (SSSR count). The Labute approximate surface area is 208 Å². The van der Waals surface area contributed by atoms with Crippen molar-refractivity contribution in [3.8, 4) is 0 Å². The Morgan fingerprint density at radius 2 is 1.71 bits per heavy atom. The molecule has 2 aromatic carbocycles. The first kappa shape index (κ1) is 28.3. The predicted molar refractivity (Wildman–Crippen MR) is 137 cm³/mol. The minimum Gasteiger partial charge on any atom is -0.350 e. The second-order valence-electron chi connectivity index (χ2n) is 9.84. The van der Waals surface area contributed by atoms with Crippen LogP contribution in [0.5, 0.6) is 0 Å². The van der Waals surface area contributed by atoms with Crippen LogP contribution in [0.4, 0.5) is 10.1 Å². The van der Waals surface area contributed by atoms with E-state index in [1.165, 1.54) is 29.2 Å². The Hall–Kier alpha value is -2.94. The summed E-state index contributed by atoms with van der Waals surface area (Å²) in [7, 11) is -3.63. The molecule has 2 aromatic rings. The monoisotopic (exact) mass is 505 g/mol. The Bertz CT molecular complexity index is 1130. The third-order valence-electron chi connectivity index (χ3n) is 5.37. The lowest BCUT2D eigenvalue weighted by molar-refractivity contribution is -0.141. The number of nitrogens with zero attached hydrogens (tertiary/aromatic N) is 2. The zero-order valence-electron chi connectivity index (χ0n) is 21.3. The number of rotatable bonds is 10. The smallest absolute Gasteiger partial charge is 0.242 e. The first-order chi connectivity index (χ1) is 16.2. The number of sulfonamides is 1. The number of carbonyl (C=O) groups excluding carboxylic acids is 2. The summed E-state index contributed by atoms with van der Waals surface area (Å²) in [4.78, 5) is 27.7. The minimum atomic E-state index is -3.63. The van der Waals surface area contributed by atoms with Crippen molar-refractivity contribution in [2.75, 3.05) is 17.1 Å². The van der Waals surface area contributed by atoms with Gasteiger partial charge in [0.1, 0.15) is 11.9 Å². The van der Waals surface area contributed by atoms with E-state index in [0.717, 1.165) is 21.7 Å². The highest BCUT2D eigenvalue weighted by Crippen LogP contribution is 2.20. The number of halogens is 1. The molecule has 0 saturated carbocycles. The van der Waals surface area contributed by atoms with Crippen LogP contribution in [-0.4, -0.2) is 49.5 Å². The summed E-state index contributed by atoms with van der Waals surface area (Å²) >= 11 is 0. The number of carbonyl (C=O) groups is 2. The highest BCUT2D eigenvalue weighted by Gasteiger charge is 2.28. The SMILES string of the molecule is Cc1cccc(CN(C(=O)CCCN(c2ccc(F)cc2)S(C)(=O)=O)C(C)C(=O)NC(C)(C)C)c1. The fourth-order valence-corrected chi connectivity index (χ4v) is 4.64. The van der Waals surface area contributed by atoms with Gasteiger partial charge >= 0.3 is 0 Å². The lowest BCUT2D eigenvalue weighted by atomic mass is 10.1. The summed E-state index contributed by atoms with van der Waals surface area (Å²) in [5.74, 6) is -0.982. The van der Waals surface area contributed by atoms with Crippen molar-refractivity contribution in [3.05, 3.63) is 65.5 Å². The van der Waals surface area contributed by atoms with Gasteiger partial charge in [0.15, 0.2) is 0 Å². The number of hydrogen-bond donors (Lipinski definition) is 1. The molecule has 0 radical (unpaired) electrons.